The lowest BCUT2D eigenvalue weighted by Gasteiger charge is -2.61. The van der Waals surface area contributed by atoms with E-state index < -0.39 is 28.0 Å². The Kier molecular flexibility index (Phi) is 16.5. The summed E-state index contributed by atoms with van der Waals surface area (Å²) in [4.78, 5) is 46.6. The summed E-state index contributed by atoms with van der Waals surface area (Å²) in [5.41, 5.74) is 3.31. The zero-order valence-electron chi connectivity index (χ0n) is 49.4. The first kappa shape index (κ1) is 59.7. The molecule has 8 fully saturated rings. The van der Waals surface area contributed by atoms with Crippen LogP contribution in [0.25, 0.3) is 22.1 Å². The molecule has 444 valence electrons. The fraction of sp³-hybridized carbons (Fsp3) is 0.677. The molecule has 82 heavy (non-hydrogen) atoms. The first-order chi connectivity index (χ1) is 38.9. The number of benzene rings is 3. The second kappa shape index (κ2) is 22.7. The Labute approximate surface area is 495 Å². The van der Waals surface area contributed by atoms with Crippen molar-refractivity contribution in [3.63, 3.8) is 0 Å². The van der Waals surface area contributed by atoms with Gasteiger partial charge < -0.3 is 10.2 Å². The number of carbonyl (C=O) groups excluding carboxylic acids is 3. The van der Waals surface area contributed by atoms with Crippen LogP contribution in [-0.2, 0) is 38.4 Å². The third kappa shape index (κ3) is 11.1. The highest BCUT2D eigenvalue weighted by atomic mass is 35.5. The molecule has 0 radical (unpaired) electrons. The van der Waals surface area contributed by atoms with Gasteiger partial charge in [-0.25, -0.2) is 4.79 Å². The van der Waals surface area contributed by atoms with Gasteiger partial charge in [0.1, 0.15) is 35.2 Å². The van der Waals surface area contributed by atoms with Gasteiger partial charge in [-0.3, -0.25) is 18.7 Å². The molecule has 3 aromatic carbocycles. The number of halogens is 1. The first-order valence-electron chi connectivity index (χ1n) is 30.6. The molecular formula is C65H87ClN6O8S2. The summed E-state index contributed by atoms with van der Waals surface area (Å²) in [6.07, 6.45) is 24.0. The molecule has 14 nitrogen and oxygen atoms in total. The molecule has 0 bridgehead atoms. The number of hydrogen-bond acceptors (Lipinski definition) is 13. The predicted octanol–water partition coefficient (Wildman–Crippen LogP) is 13.2. The van der Waals surface area contributed by atoms with Crippen LogP contribution in [0.1, 0.15) is 167 Å². The molecule has 8 saturated carbocycles. The lowest BCUT2D eigenvalue weighted by atomic mass is 9.44. The predicted molar refractivity (Wildman–Crippen MR) is 320 cm³/mol. The van der Waals surface area contributed by atoms with E-state index in [1.165, 1.54) is 68.4 Å². The maximum absolute atomic E-state index is 13.7. The molecule has 0 saturated heterocycles. The third-order valence-electron chi connectivity index (χ3n) is 23.8. The summed E-state index contributed by atoms with van der Waals surface area (Å²) < 4.78 is 11.8. The maximum Gasteiger partial charge on any atom is 0.372 e. The maximum atomic E-state index is 13.7. The fourth-order valence-corrected chi connectivity index (χ4v) is 20.6. The van der Waals surface area contributed by atoms with Gasteiger partial charge in [0.25, 0.3) is 0 Å². The van der Waals surface area contributed by atoms with Crippen LogP contribution in [-0.4, -0.2) is 90.9 Å². The zero-order valence-corrected chi connectivity index (χ0v) is 51.8. The Bertz CT molecular complexity index is 3260. The van der Waals surface area contributed by atoms with Crippen LogP contribution in [0.5, 0.6) is 0 Å². The number of hydrogen-bond donors (Lipinski definition) is 3. The highest BCUT2D eigenvalue weighted by Crippen LogP contribution is 2.70. The van der Waals surface area contributed by atoms with Gasteiger partial charge in [-0.2, -0.15) is 35.2 Å². The van der Waals surface area contributed by atoms with E-state index in [0.29, 0.717) is 63.3 Å². The van der Waals surface area contributed by atoms with Gasteiger partial charge in [-0.15, -0.1) is 11.8 Å². The topological polar surface area (TPSA) is 200 Å². The van der Waals surface area contributed by atoms with Crippen molar-refractivity contribution in [2.24, 2.45) is 80.8 Å². The average molecular weight is 1180 g/mol. The smallest absolute Gasteiger partial charge is 0.372 e. The summed E-state index contributed by atoms with van der Waals surface area (Å²) in [6.45, 7) is 14.5. The first-order valence-corrected chi connectivity index (χ1v) is 33.7. The van der Waals surface area contributed by atoms with Crippen molar-refractivity contribution in [2.45, 2.75) is 191 Å². The minimum Gasteiger partial charge on any atom is -0.390 e. The second-order valence-electron chi connectivity index (χ2n) is 28.3. The van der Waals surface area contributed by atoms with Gasteiger partial charge >= 0.3 is 5.97 Å². The van der Waals surface area contributed by atoms with E-state index in [1.54, 1.807) is 39.7 Å². The highest BCUT2D eigenvalue weighted by molar-refractivity contribution is 7.98. The number of Topliss-reactive ketones (excluding diaryl/α,β-unsaturated/α-hetero) is 2. The van der Waals surface area contributed by atoms with Crippen molar-refractivity contribution >= 4 is 73.8 Å². The Hall–Kier alpha value is -4.06. The summed E-state index contributed by atoms with van der Waals surface area (Å²) in [6, 6.07) is 17.7. The van der Waals surface area contributed by atoms with E-state index in [1.807, 2.05) is 38.1 Å². The van der Waals surface area contributed by atoms with Crippen LogP contribution in [0, 0.1) is 80.8 Å². The molecule has 0 spiro atoms. The summed E-state index contributed by atoms with van der Waals surface area (Å²) in [5.74, 6) is 5.50. The van der Waals surface area contributed by atoms with Crippen molar-refractivity contribution in [3.8, 4) is 0 Å². The number of carbonyl (C=O) groups is 3. The van der Waals surface area contributed by atoms with E-state index in [2.05, 4.69) is 71.4 Å². The molecule has 8 aliphatic carbocycles. The number of fused-ring (bicyclic) bond motifs is 12. The molecule has 2 aromatic heterocycles. The number of rotatable bonds is 9. The Morgan fingerprint density at radius 1 is 0.598 bits per heavy atom. The van der Waals surface area contributed by atoms with Crippen LogP contribution in [0.4, 0.5) is 0 Å². The number of thioether (sulfide) groups is 1. The molecule has 5 aromatic rings. The molecule has 17 heteroatoms. The van der Waals surface area contributed by atoms with Crippen molar-refractivity contribution in [1.82, 2.24) is 30.0 Å². The quantitative estimate of drug-likeness (QED) is 0.0716. The van der Waals surface area contributed by atoms with Crippen LogP contribution >= 0.6 is 23.4 Å². The van der Waals surface area contributed by atoms with E-state index in [0.717, 1.165) is 103 Å². The molecular weight excluding hydrogens is 1090 g/mol. The highest BCUT2D eigenvalue weighted by Gasteiger charge is 2.63. The molecule has 0 aliphatic heterocycles. The van der Waals surface area contributed by atoms with E-state index in [4.69, 9.17) is 16.9 Å². The molecule has 3 N–H and O–H groups in total. The van der Waals surface area contributed by atoms with Crippen molar-refractivity contribution in [1.29, 1.82) is 0 Å². The van der Waals surface area contributed by atoms with Crippen molar-refractivity contribution in [3.05, 3.63) is 71.2 Å². The van der Waals surface area contributed by atoms with Gasteiger partial charge in [0.05, 0.1) is 16.8 Å². The zero-order chi connectivity index (χ0) is 58.3. The lowest BCUT2D eigenvalue weighted by molar-refractivity contribution is -0.182. The average Bonchev–Trinajstić information content (AvgIpc) is 1.75. The Balaban J connectivity index is 0.000000145. The number of ketones is 2. The van der Waals surface area contributed by atoms with Gasteiger partial charge in [0.2, 0.25) is 0 Å². The lowest BCUT2D eigenvalue weighted by Crippen LogP contribution is -2.55. The van der Waals surface area contributed by atoms with Crippen LogP contribution in [0.3, 0.4) is 0 Å². The molecule has 2 heterocycles. The number of aromatic nitrogens is 6. The largest absolute Gasteiger partial charge is 0.390 e. The van der Waals surface area contributed by atoms with Crippen LogP contribution in [0.15, 0.2) is 70.5 Å². The van der Waals surface area contributed by atoms with Crippen molar-refractivity contribution in [2.75, 3.05) is 12.5 Å². The SMILES string of the molecule is CS(=O)c1ccc2nn(CC(=O)[C@H]3CC[C@H]4[C@@H]5CC[C@@H]6C[C@](C)(O)CC[C@]6(C)[C@H]5CC[C@]34C)nc2c1.CSc1ccc2nn(CC(=O)[C@H]3CC[C@H]4[C@@H]5CC[C@@H]6C[C@](C)(O)CC[C@]6(C)[C@H]5CC[C@]34C)nc2c1.O=C(OO)c1cccc(Cl)c1. The monoisotopic (exact) mass is 1180 g/mol. The summed E-state index contributed by atoms with van der Waals surface area (Å²) >= 11 is 7.25. The second-order valence-corrected chi connectivity index (χ2v) is 31.0. The minimum absolute atomic E-state index is 0.0699. The molecule has 13 rings (SSSR count). The van der Waals surface area contributed by atoms with Crippen molar-refractivity contribution < 1.29 is 39.0 Å². The minimum atomic E-state index is -1.07. The summed E-state index contributed by atoms with van der Waals surface area (Å²) in [5, 5.41) is 48.3. The van der Waals surface area contributed by atoms with Crippen LogP contribution < -0.4 is 0 Å². The fourth-order valence-electron chi connectivity index (χ4n) is 19.4. The van der Waals surface area contributed by atoms with E-state index in [-0.39, 0.29) is 40.6 Å². The van der Waals surface area contributed by atoms with Gasteiger partial charge in [-0.1, -0.05) is 45.4 Å². The van der Waals surface area contributed by atoms with Gasteiger partial charge in [0.15, 0.2) is 11.6 Å². The van der Waals surface area contributed by atoms with E-state index >= 15 is 0 Å². The number of aliphatic hydroxyl groups is 2. The molecule has 1 unspecified atom stereocenters. The van der Waals surface area contributed by atoms with E-state index in [9.17, 15) is 28.8 Å². The van der Waals surface area contributed by atoms with Gasteiger partial charge in [-0.05, 0) is 259 Å². The Morgan fingerprint density at radius 2 is 1.07 bits per heavy atom. The molecule has 8 aliphatic rings. The normalized spacial score (nSPS) is 38.4. The third-order valence-corrected chi connectivity index (χ3v) is 25.7. The number of nitrogens with zero attached hydrogens (tertiary/aromatic N) is 6. The Morgan fingerprint density at radius 3 is 1.55 bits per heavy atom. The standard InChI is InChI=1S/C29H41N3O3S.C29H41N3O2S.C7H5ClO3/c1-27(34)13-14-28(2)18(16-27)5-7-20-21-8-9-23(29(21,3)12-11-22(20)28)26(33)17-32-30-24-10-6-19(36(4)35)15-25(24)31-32;1-27(34)13-14-28(2)18(16-27)5-7-20-21-8-9-23(29(21,3)12-11-22(20)28)26(33)17-32-30-24-10-6-19(35-4)15-25(24)31-32;8-6-3-1-2-5(4-6)7(9)11-10/h6,10,15,18,20-23,34H,5,7-9,11-14,16-17H2,1-4H3;6,10,15,18,20-23,34H,5,7-9,11-14,16-17H2,1-4H3;1-4,10H/t18-,20+,21+,22+,23-,27-,28+,29+,36?;18-,20+,21+,22+,23-,27-,28+,29+;/m11./s1. The molecule has 17 atom stereocenters. The van der Waals surface area contributed by atoms with Crippen LogP contribution in [0.2, 0.25) is 5.02 Å². The molecule has 0 amide bonds. The summed E-state index contributed by atoms with van der Waals surface area (Å²) in [7, 11) is -1.07. The van der Waals surface area contributed by atoms with Gasteiger partial charge in [0, 0.05) is 43.7 Å².